The van der Waals surface area contributed by atoms with Crippen molar-refractivity contribution < 1.29 is 9.90 Å². The molecule has 1 aromatic rings. The van der Waals surface area contributed by atoms with Crippen molar-refractivity contribution in [2.24, 2.45) is 0 Å². The number of hydrogen-bond donors (Lipinski definition) is 2. The van der Waals surface area contributed by atoms with Crippen LogP contribution in [0.3, 0.4) is 0 Å². The van der Waals surface area contributed by atoms with Gasteiger partial charge in [-0.15, -0.1) is 0 Å². The SMILES string of the molecule is O=C(CCc1ccc(Cl)cc1)NCC1(O)CCSC1. The number of hydrogen-bond acceptors (Lipinski definition) is 3. The molecule has 5 heteroatoms. The lowest BCUT2D eigenvalue weighted by Gasteiger charge is -2.21. The van der Waals surface area contributed by atoms with Gasteiger partial charge in [0.05, 0.1) is 5.60 Å². The highest BCUT2D eigenvalue weighted by atomic mass is 35.5. The summed E-state index contributed by atoms with van der Waals surface area (Å²) in [6, 6.07) is 7.51. The lowest BCUT2D eigenvalue weighted by molar-refractivity contribution is -0.122. The topological polar surface area (TPSA) is 49.3 Å². The largest absolute Gasteiger partial charge is 0.387 e. The number of benzene rings is 1. The smallest absolute Gasteiger partial charge is 0.220 e. The zero-order valence-electron chi connectivity index (χ0n) is 10.7. The Hall–Kier alpha value is -0.710. The van der Waals surface area contributed by atoms with Gasteiger partial charge in [-0.25, -0.2) is 0 Å². The number of amides is 1. The fraction of sp³-hybridized carbons (Fsp3) is 0.500. The van der Waals surface area contributed by atoms with Gasteiger partial charge in [0.15, 0.2) is 0 Å². The molecular formula is C14H18ClNO2S. The van der Waals surface area contributed by atoms with Gasteiger partial charge < -0.3 is 10.4 Å². The van der Waals surface area contributed by atoms with E-state index in [1.807, 2.05) is 24.3 Å². The summed E-state index contributed by atoms with van der Waals surface area (Å²) in [4.78, 5) is 11.7. The van der Waals surface area contributed by atoms with Crippen molar-refractivity contribution in [3.63, 3.8) is 0 Å². The van der Waals surface area contributed by atoms with Crippen molar-refractivity contribution in [2.75, 3.05) is 18.1 Å². The van der Waals surface area contributed by atoms with Crippen LogP contribution in [0.1, 0.15) is 18.4 Å². The lowest BCUT2D eigenvalue weighted by atomic mass is 10.0. The number of carbonyl (C=O) groups excluding carboxylic acids is 1. The fourth-order valence-electron chi connectivity index (χ4n) is 2.00. The van der Waals surface area contributed by atoms with Crippen molar-refractivity contribution >= 4 is 29.3 Å². The fourth-order valence-corrected chi connectivity index (χ4v) is 3.42. The standard InChI is InChI=1S/C14H18ClNO2S/c15-12-4-1-11(2-5-12)3-6-13(17)16-9-14(18)7-8-19-10-14/h1-2,4-5,18H,3,6-10H2,(H,16,17). The van der Waals surface area contributed by atoms with E-state index >= 15 is 0 Å². The summed E-state index contributed by atoms with van der Waals surface area (Å²) in [7, 11) is 0. The Bertz CT molecular complexity index is 430. The first-order valence-corrected chi connectivity index (χ1v) is 7.92. The number of aryl methyl sites for hydroxylation is 1. The van der Waals surface area contributed by atoms with Gasteiger partial charge >= 0.3 is 0 Å². The van der Waals surface area contributed by atoms with Gasteiger partial charge in [0, 0.05) is 23.7 Å². The molecule has 1 heterocycles. The summed E-state index contributed by atoms with van der Waals surface area (Å²) < 4.78 is 0. The number of nitrogens with one attached hydrogen (secondary N) is 1. The molecule has 19 heavy (non-hydrogen) atoms. The maximum atomic E-state index is 11.7. The van der Waals surface area contributed by atoms with Gasteiger partial charge in [0.25, 0.3) is 0 Å². The van der Waals surface area contributed by atoms with E-state index < -0.39 is 5.60 Å². The molecule has 2 N–H and O–H groups in total. The maximum Gasteiger partial charge on any atom is 0.220 e. The average Bonchev–Trinajstić information content (AvgIpc) is 2.83. The molecule has 1 saturated heterocycles. The Balaban J connectivity index is 1.71. The van der Waals surface area contributed by atoms with E-state index in [1.54, 1.807) is 11.8 Å². The molecule has 0 aliphatic carbocycles. The van der Waals surface area contributed by atoms with Crippen molar-refractivity contribution in [3.05, 3.63) is 34.9 Å². The quantitative estimate of drug-likeness (QED) is 0.877. The van der Waals surface area contributed by atoms with Crippen LogP contribution in [-0.2, 0) is 11.2 Å². The van der Waals surface area contributed by atoms with Crippen molar-refractivity contribution in [1.82, 2.24) is 5.32 Å². The molecule has 0 saturated carbocycles. The number of thioether (sulfide) groups is 1. The van der Waals surface area contributed by atoms with Crippen LogP contribution in [0, 0.1) is 0 Å². The molecule has 2 rings (SSSR count). The molecule has 1 aliphatic heterocycles. The van der Waals surface area contributed by atoms with E-state index in [-0.39, 0.29) is 5.91 Å². The predicted molar refractivity (Wildman–Crippen MR) is 79.7 cm³/mol. The first-order chi connectivity index (χ1) is 9.07. The summed E-state index contributed by atoms with van der Waals surface area (Å²) in [5.74, 6) is 1.67. The van der Waals surface area contributed by atoms with Crippen LogP contribution in [0.15, 0.2) is 24.3 Å². The van der Waals surface area contributed by atoms with Crippen LogP contribution in [0.5, 0.6) is 0 Å². The second kappa shape index (κ2) is 6.64. The first kappa shape index (κ1) is 14.7. The van der Waals surface area contributed by atoms with Crippen molar-refractivity contribution in [1.29, 1.82) is 0 Å². The Labute approximate surface area is 122 Å². The van der Waals surface area contributed by atoms with Gasteiger partial charge in [-0.05, 0) is 36.3 Å². The minimum absolute atomic E-state index is 0.0136. The van der Waals surface area contributed by atoms with E-state index in [2.05, 4.69) is 5.32 Å². The minimum Gasteiger partial charge on any atom is -0.387 e. The van der Waals surface area contributed by atoms with E-state index in [0.29, 0.717) is 30.2 Å². The third-order valence-corrected chi connectivity index (χ3v) is 4.74. The second-order valence-corrected chi connectivity index (χ2v) is 6.47. The average molecular weight is 300 g/mol. The van der Waals surface area contributed by atoms with Crippen LogP contribution in [0.25, 0.3) is 0 Å². The molecule has 1 aliphatic rings. The van der Waals surface area contributed by atoms with E-state index in [4.69, 9.17) is 11.6 Å². The molecule has 1 aromatic carbocycles. The van der Waals surface area contributed by atoms with E-state index in [1.165, 1.54) is 0 Å². The molecule has 3 nitrogen and oxygen atoms in total. The molecule has 0 bridgehead atoms. The minimum atomic E-state index is -0.708. The highest BCUT2D eigenvalue weighted by molar-refractivity contribution is 7.99. The van der Waals surface area contributed by atoms with Crippen LogP contribution < -0.4 is 5.32 Å². The van der Waals surface area contributed by atoms with Crippen LogP contribution in [0.2, 0.25) is 5.02 Å². The molecule has 0 spiro atoms. The summed E-state index contributed by atoms with van der Waals surface area (Å²) >= 11 is 7.53. The van der Waals surface area contributed by atoms with Crippen LogP contribution in [0.4, 0.5) is 0 Å². The zero-order valence-corrected chi connectivity index (χ0v) is 12.3. The zero-order chi connectivity index (χ0) is 13.7. The molecule has 1 atom stereocenters. The molecule has 1 fully saturated rings. The summed E-state index contributed by atoms with van der Waals surface area (Å²) in [6.07, 6.45) is 1.89. The highest BCUT2D eigenvalue weighted by Gasteiger charge is 2.31. The maximum absolute atomic E-state index is 11.7. The number of carbonyl (C=O) groups is 1. The van der Waals surface area contributed by atoms with E-state index in [9.17, 15) is 9.90 Å². The Morgan fingerprint density at radius 1 is 1.42 bits per heavy atom. The Morgan fingerprint density at radius 3 is 2.79 bits per heavy atom. The predicted octanol–water partition coefficient (Wildman–Crippen LogP) is 2.26. The summed E-state index contributed by atoms with van der Waals surface area (Å²) in [5, 5.41) is 13.6. The second-order valence-electron chi connectivity index (χ2n) is 4.93. The van der Waals surface area contributed by atoms with Gasteiger partial charge in [-0.1, -0.05) is 23.7 Å². The highest BCUT2D eigenvalue weighted by Crippen LogP contribution is 2.26. The summed E-state index contributed by atoms with van der Waals surface area (Å²) in [6.45, 7) is 0.361. The van der Waals surface area contributed by atoms with Gasteiger partial charge in [-0.2, -0.15) is 11.8 Å². The summed E-state index contributed by atoms with van der Waals surface area (Å²) in [5.41, 5.74) is 0.385. The van der Waals surface area contributed by atoms with Crippen molar-refractivity contribution in [3.8, 4) is 0 Å². The van der Waals surface area contributed by atoms with Gasteiger partial charge in [0.1, 0.15) is 0 Å². The number of rotatable bonds is 5. The molecule has 104 valence electrons. The third-order valence-electron chi connectivity index (χ3n) is 3.25. The number of halogens is 1. The van der Waals surface area contributed by atoms with Crippen LogP contribution in [-0.4, -0.2) is 34.7 Å². The van der Waals surface area contributed by atoms with Crippen LogP contribution >= 0.6 is 23.4 Å². The van der Waals surface area contributed by atoms with Crippen molar-refractivity contribution in [2.45, 2.75) is 24.9 Å². The van der Waals surface area contributed by atoms with Gasteiger partial charge in [-0.3, -0.25) is 4.79 Å². The monoisotopic (exact) mass is 299 g/mol. The molecule has 1 unspecified atom stereocenters. The normalized spacial score (nSPS) is 22.4. The first-order valence-electron chi connectivity index (χ1n) is 6.39. The molecule has 0 aromatic heterocycles. The third kappa shape index (κ3) is 4.71. The molecular weight excluding hydrogens is 282 g/mol. The lowest BCUT2D eigenvalue weighted by Crippen LogP contribution is -2.43. The van der Waals surface area contributed by atoms with E-state index in [0.717, 1.165) is 17.7 Å². The van der Waals surface area contributed by atoms with Gasteiger partial charge in [0.2, 0.25) is 5.91 Å². The Morgan fingerprint density at radius 2 is 2.16 bits per heavy atom. The molecule has 1 amide bonds. The molecule has 0 radical (unpaired) electrons. The Kier molecular flexibility index (Phi) is 5.13. The number of aliphatic hydroxyl groups is 1.